The van der Waals surface area contributed by atoms with Gasteiger partial charge in [0, 0.05) is 45.8 Å². The van der Waals surface area contributed by atoms with Gasteiger partial charge in [0.05, 0.1) is 66.6 Å². The third-order valence-corrected chi connectivity index (χ3v) is 14.5. The van der Waals surface area contributed by atoms with Gasteiger partial charge in [-0.15, -0.1) is 0 Å². The van der Waals surface area contributed by atoms with Crippen LogP contribution in [0.15, 0.2) is 24.3 Å². The van der Waals surface area contributed by atoms with Crippen molar-refractivity contribution in [2.24, 2.45) is 23.5 Å². The minimum Gasteiger partial charge on any atom is -0.392 e. The second-order valence-electron chi connectivity index (χ2n) is 18.2. The number of fused-ring (bicyclic) bond motifs is 1. The SMILES string of the molecule is C=C1C[C@@H]2CC[C@@H]3C[C@]4(C)O[C@H]5[C@@H](OC)C6OC(CCC6O[C@H]5C4O3)CC(=O)C[C@H]3[C@H](C[C@H]4O[C@@H](CCC1O2)C[C@@H](C)C4=C)OC(C[C@H](O)CN)[C@@H]3C. The van der Waals surface area contributed by atoms with Gasteiger partial charge in [-0.3, -0.25) is 4.79 Å². The molecule has 19 atom stereocenters. The number of ketones is 1. The fourth-order valence-electron chi connectivity index (χ4n) is 11.4. The first kappa shape index (κ1) is 38.6. The number of carbonyl (C=O) groups is 1. The summed E-state index contributed by atoms with van der Waals surface area (Å²) < 4.78 is 53.4. The molecule has 12 bridgehead atoms. The summed E-state index contributed by atoms with van der Waals surface area (Å²) in [5, 5.41) is 10.5. The lowest BCUT2D eigenvalue weighted by Gasteiger charge is -2.47. The molecule has 11 aliphatic heterocycles. The number of methoxy groups -OCH3 is 1. The lowest BCUT2D eigenvalue weighted by Crippen LogP contribution is -2.62. The fraction of sp³-hybridized carbons (Fsp3) is 0.881. The first-order valence-corrected chi connectivity index (χ1v) is 20.8. The first-order chi connectivity index (χ1) is 25.4. The number of hydrogen-bond acceptors (Lipinski definition) is 11. The summed E-state index contributed by atoms with van der Waals surface area (Å²) in [7, 11) is 1.72. The monoisotopic (exact) mass is 743 g/mol. The molecule has 0 amide bonds. The molecule has 6 unspecified atom stereocenters. The maximum Gasteiger partial charge on any atom is 0.135 e. The molecule has 53 heavy (non-hydrogen) atoms. The number of rotatable bonds is 4. The van der Waals surface area contributed by atoms with Crippen LogP contribution in [0.25, 0.3) is 0 Å². The Morgan fingerprint density at radius 1 is 0.830 bits per heavy atom. The highest BCUT2D eigenvalue weighted by Gasteiger charge is 2.65. The Hall–Kier alpha value is -1.25. The summed E-state index contributed by atoms with van der Waals surface area (Å²) in [6, 6.07) is 0. The van der Waals surface area contributed by atoms with E-state index in [1.54, 1.807) is 7.11 Å². The average Bonchev–Trinajstić information content (AvgIpc) is 3.81. The molecule has 11 rings (SSSR count). The van der Waals surface area contributed by atoms with Gasteiger partial charge in [0.2, 0.25) is 0 Å². The van der Waals surface area contributed by atoms with Crippen molar-refractivity contribution in [2.45, 2.75) is 201 Å². The van der Waals surface area contributed by atoms with Crippen molar-refractivity contribution in [2.75, 3.05) is 13.7 Å². The second-order valence-corrected chi connectivity index (χ2v) is 18.2. The van der Waals surface area contributed by atoms with Crippen molar-refractivity contribution >= 4 is 5.78 Å². The van der Waals surface area contributed by atoms with E-state index in [0.717, 1.165) is 63.4 Å². The number of aliphatic hydroxyl groups excluding tert-OH is 1. The van der Waals surface area contributed by atoms with E-state index in [4.69, 9.17) is 43.6 Å². The van der Waals surface area contributed by atoms with Crippen molar-refractivity contribution in [3.8, 4) is 0 Å². The van der Waals surface area contributed by atoms with Gasteiger partial charge in [-0.1, -0.05) is 27.0 Å². The summed E-state index contributed by atoms with van der Waals surface area (Å²) in [6.07, 6.45) is 6.85. The molecular weight excluding hydrogens is 678 g/mol. The maximum atomic E-state index is 14.0. The van der Waals surface area contributed by atoms with Crippen LogP contribution in [0.1, 0.15) is 104 Å². The van der Waals surface area contributed by atoms with E-state index in [9.17, 15) is 9.90 Å². The molecule has 11 heteroatoms. The highest BCUT2D eigenvalue weighted by Crippen LogP contribution is 2.51. The van der Waals surface area contributed by atoms with Gasteiger partial charge in [-0.05, 0) is 87.2 Å². The topological polar surface area (TPSA) is 137 Å². The van der Waals surface area contributed by atoms with Crippen LogP contribution in [0, 0.1) is 17.8 Å². The molecular formula is C42H65NO10. The van der Waals surface area contributed by atoms with Crippen LogP contribution in [0.3, 0.4) is 0 Å². The van der Waals surface area contributed by atoms with Crippen LogP contribution >= 0.6 is 0 Å². The lowest BCUT2D eigenvalue weighted by atomic mass is 9.78. The van der Waals surface area contributed by atoms with Crippen LogP contribution in [-0.2, 0) is 42.7 Å². The van der Waals surface area contributed by atoms with E-state index in [0.29, 0.717) is 31.6 Å². The van der Waals surface area contributed by atoms with Crippen LogP contribution < -0.4 is 5.73 Å². The van der Waals surface area contributed by atoms with E-state index in [1.165, 1.54) is 5.57 Å². The molecule has 11 aliphatic rings. The third kappa shape index (κ3) is 7.63. The zero-order valence-electron chi connectivity index (χ0n) is 32.4. The smallest absolute Gasteiger partial charge is 0.135 e. The summed E-state index contributed by atoms with van der Waals surface area (Å²) in [4.78, 5) is 14.0. The van der Waals surface area contributed by atoms with Crippen molar-refractivity contribution in [3.05, 3.63) is 24.3 Å². The molecule has 298 valence electrons. The van der Waals surface area contributed by atoms with Crippen LogP contribution in [0.4, 0.5) is 0 Å². The molecule has 3 N–H and O–H groups in total. The van der Waals surface area contributed by atoms with E-state index in [1.807, 2.05) is 0 Å². The Labute approximate surface area is 315 Å². The van der Waals surface area contributed by atoms with Gasteiger partial charge in [0.15, 0.2) is 0 Å². The molecule has 11 saturated heterocycles. The summed E-state index contributed by atoms with van der Waals surface area (Å²) in [5.41, 5.74) is 7.61. The zero-order valence-corrected chi connectivity index (χ0v) is 32.4. The summed E-state index contributed by atoms with van der Waals surface area (Å²) in [6.45, 7) is 15.6. The minimum absolute atomic E-state index is 0.0242. The Bertz CT molecular complexity index is 1360. The van der Waals surface area contributed by atoms with E-state index in [-0.39, 0.29) is 110 Å². The molecule has 0 aromatic carbocycles. The van der Waals surface area contributed by atoms with E-state index >= 15 is 0 Å². The molecule has 11 nitrogen and oxygen atoms in total. The fourth-order valence-corrected chi connectivity index (χ4v) is 11.4. The normalized spacial score (nSPS) is 51.1. The van der Waals surface area contributed by atoms with Crippen molar-refractivity contribution in [1.29, 1.82) is 0 Å². The molecule has 0 radical (unpaired) electrons. The largest absolute Gasteiger partial charge is 0.392 e. The summed E-state index contributed by atoms with van der Waals surface area (Å²) >= 11 is 0. The first-order valence-electron chi connectivity index (χ1n) is 20.8. The van der Waals surface area contributed by atoms with Crippen molar-refractivity contribution in [3.63, 3.8) is 0 Å². The Kier molecular flexibility index (Phi) is 11.4. The molecule has 0 aromatic rings. The predicted octanol–water partition coefficient (Wildman–Crippen LogP) is 4.74. The highest BCUT2D eigenvalue weighted by atomic mass is 16.7. The van der Waals surface area contributed by atoms with Gasteiger partial charge in [-0.2, -0.15) is 0 Å². The molecule has 11 fully saturated rings. The van der Waals surface area contributed by atoms with Gasteiger partial charge in [0.1, 0.15) is 36.3 Å². The second kappa shape index (κ2) is 15.6. The number of hydrogen-bond donors (Lipinski definition) is 2. The average molecular weight is 744 g/mol. The third-order valence-electron chi connectivity index (χ3n) is 14.5. The number of aliphatic hydroxyl groups is 1. The molecule has 0 aromatic heterocycles. The van der Waals surface area contributed by atoms with Gasteiger partial charge < -0.3 is 48.7 Å². The number of ether oxygens (including phenoxy) is 8. The molecule has 0 aliphatic carbocycles. The Balaban J connectivity index is 1.03. The van der Waals surface area contributed by atoms with E-state index in [2.05, 4.69) is 33.9 Å². The number of carbonyl (C=O) groups excluding carboxylic acids is 1. The number of Topliss-reactive ketones (excluding diaryl/α,β-unsaturated/α-hetero) is 1. The highest BCUT2D eigenvalue weighted by molar-refractivity contribution is 5.79. The Morgan fingerprint density at radius 3 is 2.36 bits per heavy atom. The van der Waals surface area contributed by atoms with Crippen molar-refractivity contribution < 1.29 is 47.8 Å². The quantitative estimate of drug-likeness (QED) is 0.387. The van der Waals surface area contributed by atoms with E-state index < -0.39 is 11.7 Å². The van der Waals surface area contributed by atoms with Crippen molar-refractivity contribution in [1.82, 2.24) is 0 Å². The number of nitrogens with two attached hydrogens (primary N) is 1. The molecule has 0 spiro atoms. The standard InChI is InChI=1S/C42H65NO10/c1-21-13-28-9-11-32-22(2)14-27(47-32)7-8-30-19-42(5)41(50-30)40-39(53-42)38(46-6)37-33(52-40)12-10-29(49-37)15-25(44)16-31-24(4)34(17-26(45)20-43)51-36(31)18-35(48-28)23(21)3/h21,24,26-41,45H,2-3,7-20,43H2,1,4-6H3/t21-,24-,26+,27+,28+,29?,30-,31-,32?,33?,34?,35-,36+,37?,38+,39+,40-,41?,42+/m1/s1. The van der Waals surface area contributed by atoms with Crippen LogP contribution in [0.5, 0.6) is 0 Å². The summed E-state index contributed by atoms with van der Waals surface area (Å²) in [5.74, 6) is 0.516. The molecule has 0 saturated carbocycles. The minimum atomic E-state index is -0.655. The lowest BCUT2D eigenvalue weighted by molar-refractivity contribution is -0.270. The zero-order chi connectivity index (χ0) is 37.2. The van der Waals surface area contributed by atoms with Gasteiger partial charge in [-0.25, -0.2) is 0 Å². The predicted molar refractivity (Wildman–Crippen MR) is 196 cm³/mol. The van der Waals surface area contributed by atoms with Crippen LogP contribution in [0.2, 0.25) is 0 Å². The van der Waals surface area contributed by atoms with Crippen LogP contribution in [-0.4, -0.2) is 122 Å². The molecule has 11 heterocycles. The Morgan fingerprint density at radius 2 is 1.57 bits per heavy atom. The van der Waals surface area contributed by atoms with Gasteiger partial charge >= 0.3 is 0 Å². The van der Waals surface area contributed by atoms with Gasteiger partial charge in [0.25, 0.3) is 0 Å². The maximum absolute atomic E-state index is 14.0.